The highest BCUT2D eigenvalue weighted by Crippen LogP contribution is 2.19. The lowest BCUT2D eigenvalue weighted by molar-refractivity contribution is -0.211. The van der Waals surface area contributed by atoms with E-state index in [1.165, 1.54) is 51.4 Å². The van der Waals surface area contributed by atoms with Crippen molar-refractivity contribution in [1.82, 2.24) is 0 Å². The van der Waals surface area contributed by atoms with Gasteiger partial charge in [-0.05, 0) is 25.7 Å². The summed E-state index contributed by atoms with van der Waals surface area (Å²) >= 11 is 0. The summed E-state index contributed by atoms with van der Waals surface area (Å²) in [4.78, 5) is 0. The Morgan fingerprint density at radius 1 is 0.960 bits per heavy atom. The minimum Gasteiger partial charge on any atom is -0.394 e. The van der Waals surface area contributed by atoms with Crippen molar-refractivity contribution in [2.45, 2.75) is 95.5 Å². The van der Waals surface area contributed by atoms with E-state index in [2.05, 4.69) is 19.1 Å². The van der Waals surface area contributed by atoms with Gasteiger partial charge in [0.05, 0.1) is 13.2 Å². The van der Waals surface area contributed by atoms with E-state index < -0.39 is 24.4 Å². The average Bonchev–Trinajstić information content (AvgIpc) is 2.62. The Morgan fingerprint density at radius 2 is 1.60 bits per heavy atom. The summed E-state index contributed by atoms with van der Waals surface area (Å²) in [6, 6.07) is 0. The Morgan fingerprint density at radius 3 is 2.28 bits per heavy atom. The number of hydrogen-bond donors (Lipinski definition) is 3. The van der Waals surface area contributed by atoms with Crippen molar-refractivity contribution in [3.63, 3.8) is 0 Å². The highest BCUT2D eigenvalue weighted by molar-refractivity contribution is 4.87. The molecule has 0 unspecified atom stereocenters. The molecule has 1 heterocycles. The van der Waals surface area contributed by atoms with Crippen LogP contribution in [0.15, 0.2) is 12.2 Å². The van der Waals surface area contributed by atoms with Crippen molar-refractivity contribution in [3.8, 4) is 0 Å². The SMILES string of the molecule is CCCC/C=C/CCCCCCCCO[C@H]1[C@H](O)[C@@H](O)CO[C@@H]1CO. The fraction of sp³-hybridized carbons (Fsp3) is 0.900. The lowest BCUT2D eigenvalue weighted by Gasteiger charge is -2.37. The van der Waals surface area contributed by atoms with Gasteiger partial charge in [0, 0.05) is 6.61 Å². The molecule has 0 aromatic heterocycles. The van der Waals surface area contributed by atoms with E-state index in [9.17, 15) is 15.3 Å². The van der Waals surface area contributed by atoms with E-state index in [1.54, 1.807) is 0 Å². The molecule has 1 saturated heterocycles. The van der Waals surface area contributed by atoms with Crippen molar-refractivity contribution in [3.05, 3.63) is 12.2 Å². The molecule has 5 nitrogen and oxygen atoms in total. The van der Waals surface area contributed by atoms with Gasteiger partial charge in [0.2, 0.25) is 0 Å². The van der Waals surface area contributed by atoms with Crippen LogP contribution in [0.3, 0.4) is 0 Å². The third-order valence-electron chi connectivity index (χ3n) is 4.72. The summed E-state index contributed by atoms with van der Waals surface area (Å²) in [6.45, 7) is 2.58. The smallest absolute Gasteiger partial charge is 0.114 e. The van der Waals surface area contributed by atoms with Gasteiger partial charge in [-0.2, -0.15) is 0 Å². The maximum Gasteiger partial charge on any atom is 0.114 e. The molecule has 3 N–H and O–H groups in total. The third-order valence-corrected chi connectivity index (χ3v) is 4.72. The zero-order chi connectivity index (χ0) is 18.3. The molecule has 25 heavy (non-hydrogen) atoms. The number of ether oxygens (including phenoxy) is 2. The lowest BCUT2D eigenvalue weighted by Crippen LogP contribution is -2.55. The summed E-state index contributed by atoms with van der Waals surface area (Å²) in [5.41, 5.74) is 0. The molecule has 0 amide bonds. The molecular weight excluding hydrogens is 320 g/mol. The van der Waals surface area contributed by atoms with Crippen LogP contribution in [-0.4, -0.2) is 59.6 Å². The Balaban J connectivity index is 1.96. The number of aliphatic hydroxyl groups is 3. The van der Waals surface area contributed by atoms with Gasteiger partial charge in [0.25, 0.3) is 0 Å². The molecule has 1 fully saturated rings. The topological polar surface area (TPSA) is 79.2 Å². The second-order valence-electron chi connectivity index (χ2n) is 6.97. The average molecular weight is 359 g/mol. The van der Waals surface area contributed by atoms with Crippen LogP contribution in [0.4, 0.5) is 0 Å². The summed E-state index contributed by atoms with van der Waals surface area (Å²) in [5, 5.41) is 28.8. The Hall–Kier alpha value is -0.460. The van der Waals surface area contributed by atoms with E-state index in [1.807, 2.05) is 0 Å². The zero-order valence-electron chi connectivity index (χ0n) is 15.8. The van der Waals surface area contributed by atoms with Crippen LogP contribution in [0.5, 0.6) is 0 Å². The van der Waals surface area contributed by atoms with Crippen molar-refractivity contribution in [1.29, 1.82) is 0 Å². The minimum atomic E-state index is -0.990. The summed E-state index contributed by atoms with van der Waals surface area (Å²) in [5.74, 6) is 0. The van der Waals surface area contributed by atoms with Gasteiger partial charge in [-0.15, -0.1) is 0 Å². The molecule has 0 spiro atoms. The van der Waals surface area contributed by atoms with E-state index in [0.717, 1.165) is 12.8 Å². The van der Waals surface area contributed by atoms with E-state index in [4.69, 9.17) is 9.47 Å². The van der Waals surface area contributed by atoms with Gasteiger partial charge in [0.1, 0.15) is 24.4 Å². The fourth-order valence-electron chi connectivity index (χ4n) is 3.07. The van der Waals surface area contributed by atoms with Crippen LogP contribution < -0.4 is 0 Å². The van der Waals surface area contributed by atoms with Crippen molar-refractivity contribution >= 4 is 0 Å². The molecule has 0 saturated carbocycles. The third kappa shape index (κ3) is 9.71. The molecule has 0 aromatic carbocycles. The highest BCUT2D eigenvalue weighted by atomic mass is 16.6. The molecule has 0 aromatic rings. The quantitative estimate of drug-likeness (QED) is 0.329. The predicted molar refractivity (Wildman–Crippen MR) is 99.6 cm³/mol. The van der Waals surface area contributed by atoms with Crippen molar-refractivity contribution < 1.29 is 24.8 Å². The van der Waals surface area contributed by atoms with Gasteiger partial charge in [0.15, 0.2) is 0 Å². The molecule has 0 aliphatic carbocycles. The molecule has 1 aliphatic rings. The van der Waals surface area contributed by atoms with E-state index in [0.29, 0.717) is 6.61 Å². The molecule has 5 heteroatoms. The number of hydrogen-bond acceptors (Lipinski definition) is 5. The second-order valence-corrected chi connectivity index (χ2v) is 6.97. The highest BCUT2D eigenvalue weighted by Gasteiger charge is 2.39. The zero-order valence-corrected chi connectivity index (χ0v) is 15.8. The first-order valence-corrected chi connectivity index (χ1v) is 10.1. The monoisotopic (exact) mass is 358 g/mol. The molecule has 0 radical (unpaired) electrons. The van der Waals surface area contributed by atoms with E-state index >= 15 is 0 Å². The number of unbranched alkanes of at least 4 members (excludes halogenated alkanes) is 8. The Bertz CT molecular complexity index is 332. The van der Waals surface area contributed by atoms with Gasteiger partial charge in [-0.25, -0.2) is 0 Å². The largest absolute Gasteiger partial charge is 0.394 e. The normalized spacial score (nSPS) is 27.2. The Kier molecular flexibility index (Phi) is 13.3. The van der Waals surface area contributed by atoms with Gasteiger partial charge >= 0.3 is 0 Å². The van der Waals surface area contributed by atoms with Gasteiger partial charge < -0.3 is 24.8 Å². The first-order chi connectivity index (χ1) is 12.2. The maximum atomic E-state index is 9.96. The maximum absolute atomic E-state index is 9.96. The number of aliphatic hydroxyl groups excluding tert-OH is 3. The van der Waals surface area contributed by atoms with Gasteiger partial charge in [-0.3, -0.25) is 0 Å². The second kappa shape index (κ2) is 14.7. The summed E-state index contributed by atoms with van der Waals surface area (Å²) in [7, 11) is 0. The van der Waals surface area contributed by atoms with Crippen molar-refractivity contribution in [2.75, 3.05) is 19.8 Å². The predicted octanol–water partition coefficient (Wildman–Crippen LogP) is 2.96. The molecule has 1 rings (SSSR count). The Labute approximate surface area is 153 Å². The standard InChI is InChI=1S/C20H38O5/c1-2-3-4-5-6-7-8-9-10-11-12-13-14-24-20-18(15-21)25-16-17(22)19(20)23/h5-6,17-23H,2-4,7-16H2,1H3/b6-5+/t17-,18+,19+,20+/m0/s1. The van der Waals surface area contributed by atoms with Crippen LogP contribution in [-0.2, 0) is 9.47 Å². The summed E-state index contributed by atoms with van der Waals surface area (Å²) in [6.07, 6.45) is 13.5. The lowest BCUT2D eigenvalue weighted by atomic mass is 10.0. The first-order valence-electron chi connectivity index (χ1n) is 10.1. The van der Waals surface area contributed by atoms with Crippen LogP contribution in [0.25, 0.3) is 0 Å². The van der Waals surface area contributed by atoms with Crippen LogP contribution in [0, 0.1) is 0 Å². The van der Waals surface area contributed by atoms with Crippen LogP contribution in [0.2, 0.25) is 0 Å². The van der Waals surface area contributed by atoms with E-state index in [-0.39, 0.29) is 13.2 Å². The van der Waals surface area contributed by atoms with Gasteiger partial charge in [-0.1, -0.05) is 57.6 Å². The minimum absolute atomic E-state index is 0.0417. The molecule has 1 aliphatic heterocycles. The molecule has 0 bridgehead atoms. The number of allylic oxidation sites excluding steroid dienone is 2. The number of rotatable bonds is 14. The van der Waals surface area contributed by atoms with Crippen molar-refractivity contribution in [2.24, 2.45) is 0 Å². The van der Waals surface area contributed by atoms with Crippen LogP contribution in [0.1, 0.15) is 71.1 Å². The summed E-state index contributed by atoms with van der Waals surface area (Å²) < 4.78 is 11.0. The molecular formula is C20H38O5. The molecule has 148 valence electrons. The molecule has 4 atom stereocenters. The fourth-order valence-corrected chi connectivity index (χ4v) is 3.07. The van der Waals surface area contributed by atoms with Crippen LogP contribution >= 0.6 is 0 Å². The first kappa shape index (κ1) is 22.6.